The van der Waals surface area contributed by atoms with Crippen molar-refractivity contribution in [3.63, 3.8) is 0 Å². The third-order valence-electron chi connectivity index (χ3n) is 2.05. The van der Waals surface area contributed by atoms with Crippen molar-refractivity contribution in [3.05, 3.63) is 29.8 Å². The van der Waals surface area contributed by atoms with Gasteiger partial charge in [0.25, 0.3) is 0 Å². The molecule has 14 heavy (non-hydrogen) atoms. The highest BCUT2D eigenvalue weighted by molar-refractivity contribution is 6.05. The van der Waals surface area contributed by atoms with Crippen molar-refractivity contribution < 1.29 is 4.79 Å². The fraction of sp³-hybridized carbons (Fsp3) is 0.200. The number of aryl methyl sites for hydroxylation is 1. The zero-order valence-corrected chi connectivity index (χ0v) is 7.87. The lowest BCUT2D eigenvalue weighted by atomic mass is 10.2. The van der Waals surface area contributed by atoms with Gasteiger partial charge in [0.2, 0.25) is 5.91 Å². The first-order valence-electron chi connectivity index (χ1n) is 4.44. The molecule has 1 aromatic rings. The third-order valence-corrected chi connectivity index (χ3v) is 2.05. The van der Waals surface area contributed by atoms with Gasteiger partial charge in [-0.3, -0.25) is 15.6 Å². The van der Waals surface area contributed by atoms with Gasteiger partial charge in [-0.15, -0.1) is 0 Å². The van der Waals surface area contributed by atoms with Crippen LogP contribution in [-0.4, -0.2) is 11.7 Å². The standard InChI is InChI=1S/C10H11N3O/c1-7-4-2-3-5-8(7)11-9-6-10(14)13-12-9/h2-5H,6H2,1H3,(H,11,12)(H,13,14). The summed E-state index contributed by atoms with van der Waals surface area (Å²) in [4.78, 5) is 15.2. The molecule has 1 aromatic carbocycles. The van der Waals surface area contributed by atoms with Gasteiger partial charge in [-0.2, -0.15) is 0 Å². The number of benzene rings is 1. The first-order chi connectivity index (χ1) is 6.75. The number of hydrazine groups is 1. The minimum atomic E-state index is -0.0441. The predicted molar refractivity (Wildman–Crippen MR) is 54.2 cm³/mol. The second-order valence-corrected chi connectivity index (χ2v) is 3.19. The van der Waals surface area contributed by atoms with Gasteiger partial charge in [-0.25, -0.2) is 4.99 Å². The van der Waals surface area contributed by atoms with Crippen LogP contribution in [0.2, 0.25) is 0 Å². The molecule has 0 atom stereocenters. The van der Waals surface area contributed by atoms with Crippen molar-refractivity contribution in [3.8, 4) is 0 Å². The second kappa shape index (κ2) is 3.49. The number of nitrogens with one attached hydrogen (secondary N) is 2. The number of nitrogens with zero attached hydrogens (tertiary/aromatic N) is 1. The molecule has 1 fully saturated rings. The fourth-order valence-corrected chi connectivity index (χ4v) is 1.28. The monoisotopic (exact) mass is 189 g/mol. The minimum absolute atomic E-state index is 0.0441. The molecule has 0 aromatic heterocycles. The van der Waals surface area contributed by atoms with Crippen molar-refractivity contribution in [2.75, 3.05) is 0 Å². The van der Waals surface area contributed by atoms with E-state index in [4.69, 9.17) is 0 Å². The van der Waals surface area contributed by atoms with Gasteiger partial charge in [0.15, 0.2) is 0 Å². The van der Waals surface area contributed by atoms with Crippen LogP contribution in [0.15, 0.2) is 29.3 Å². The molecule has 1 aliphatic rings. The molecule has 2 N–H and O–H groups in total. The Labute approximate surface area is 82.0 Å². The molecule has 0 aliphatic carbocycles. The molecule has 1 amide bonds. The average molecular weight is 189 g/mol. The highest BCUT2D eigenvalue weighted by Crippen LogP contribution is 2.17. The molecule has 2 rings (SSSR count). The van der Waals surface area contributed by atoms with E-state index in [1.54, 1.807) is 0 Å². The van der Waals surface area contributed by atoms with Crippen LogP contribution in [0.5, 0.6) is 0 Å². The first-order valence-corrected chi connectivity index (χ1v) is 4.44. The van der Waals surface area contributed by atoms with Gasteiger partial charge in [0.05, 0.1) is 12.1 Å². The summed E-state index contributed by atoms with van der Waals surface area (Å²) in [6.07, 6.45) is 0.328. The van der Waals surface area contributed by atoms with E-state index in [-0.39, 0.29) is 5.91 Å². The summed E-state index contributed by atoms with van der Waals surface area (Å²) < 4.78 is 0. The fourth-order valence-electron chi connectivity index (χ4n) is 1.28. The molecule has 4 nitrogen and oxygen atoms in total. The van der Waals surface area contributed by atoms with Gasteiger partial charge in [-0.1, -0.05) is 18.2 Å². The Balaban J connectivity index is 2.25. The molecule has 72 valence electrons. The number of carbonyl (C=O) groups is 1. The number of carbonyl (C=O) groups excluding carboxylic acids is 1. The summed E-state index contributed by atoms with van der Waals surface area (Å²) in [5.74, 6) is 0.627. The smallest absolute Gasteiger partial charge is 0.245 e. The lowest BCUT2D eigenvalue weighted by Crippen LogP contribution is -2.28. The first kappa shape index (κ1) is 8.74. The maximum atomic E-state index is 10.9. The highest BCUT2D eigenvalue weighted by Gasteiger charge is 2.14. The van der Waals surface area contributed by atoms with E-state index in [9.17, 15) is 4.79 Å². The van der Waals surface area contributed by atoms with Crippen LogP contribution >= 0.6 is 0 Å². The molecule has 1 aliphatic heterocycles. The van der Waals surface area contributed by atoms with Crippen LogP contribution in [0.25, 0.3) is 0 Å². The molecule has 1 heterocycles. The van der Waals surface area contributed by atoms with Crippen LogP contribution in [0.1, 0.15) is 12.0 Å². The van der Waals surface area contributed by atoms with Crippen molar-refractivity contribution in [1.29, 1.82) is 0 Å². The number of rotatable bonds is 1. The summed E-state index contributed by atoms with van der Waals surface area (Å²) in [7, 11) is 0. The SMILES string of the molecule is Cc1ccccc1N=C1CC(=O)NN1. The Morgan fingerprint density at radius 2 is 2.07 bits per heavy atom. The third kappa shape index (κ3) is 1.74. The Morgan fingerprint density at radius 3 is 2.71 bits per heavy atom. The summed E-state index contributed by atoms with van der Waals surface area (Å²) in [5, 5.41) is 0. The normalized spacial score (nSPS) is 18.1. The van der Waals surface area contributed by atoms with Crippen LogP contribution in [-0.2, 0) is 4.79 Å². The number of para-hydroxylation sites is 1. The molecular formula is C10H11N3O. The predicted octanol–water partition coefficient (Wildman–Crippen LogP) is 1.05. The second-order valence-electron chi connectivity index (χ2n) is 3.19. The molecule has 0 radical (unpaired) electrons. The molecule has 0 unspecified atom stereocenters. The maximum absolute atomic E-state index is 10.9. The van der Waals surface area contributed by atoms with E-state index >= 15 is 0 Å². The quantitative estimate of drug-likeness (QED) is 0.693. The van der Waals surface area contributed by atoms with E-state index in [0.29, 0.717) is 12.3 Å². The molecule has 4 heteroatoms. The van der Waals surface area contributed by atoms with Gasteiger partial charge in [0, 0.05) is 0 Å². The Morgan fingerprint density at radius 1 is 1.29 bits per heavy atom. The summed E-state index contributed by atoms with van der Waals surface area (Å²) >= 11 is 0. The van der Waals surface area contributed by atoms with E-state index in [1.807, 2.05) is 31.2 Å². The Hall–Kier alpha value is -1.84. The van der Waals surface area contributed by atoms with Crippen LogP contribution in [0, 0.1) is 6.92 Å². The van der Waals surface area contributed by atoms with Gasteiger partial charge in [0.1, 0.15) is 5.84 Å². The van der Waals surface area contributed by atoms with Gasteiger partial charge >= 0.3 is 0 Å². The van der Waals surface area contributed by atoms with Crippen molar-refractivity contribution in [2.45, 2.75) is 13.3 Å². The van der Waals surface area contributed by atoms with Crippen LogP contribution in [0.4, 0.5) is 5.69 Å². The average Bonchev–Trinajstić information content (AvgIpc) is 2.56. The maximum Gasteiger partial charge on any atom is 0.245 e. The van der Waals surface area contributed by atoms with Gasteiger partial charge < -0.3 is 0 Å². The summed E-state index contributed by atoms with van der Waals surface area (Å²) in [5.41, 5.74) is 7.22. The molecule has 0 saturated carbocycles. The van der Waals surface area contributed by atoms with Crippen molar-refractivity contribution in [1.82, 2.24) is 10.9 Å². The summed E-state index contributed by atoms with van der Waals surface area (Å²) in [6.45, 7) is 1.99. The lowest BCUT2D eigenvalue weighted by Gasteiger charge is -2.00. The van der Waals surface area contributed by atoms with Crippen molar-refractivity contribution >= 4 is 17.4 Å². The van der Waals surface area contributed by atoms with E-state index in [0.717, 1.165) is 11.3 Å². The molecule has 0 bridgehead atoms. The number of aliphatic imine (C=N–C) groups is 1. The minimum Gasteiger partial charge on any atom is -0.285 e. The Kier molecular flexibility index (Phi) is 2.18. The molecular weight excluding hydrogens is 178 g/mol. The highest BCUT2D eigenvalue weighted by atomic mass is 16.2. The zero-order valence-electron chi connectivity index (χ0n) is 7.87. The van der Waals surface area contributed by atoms with Crippen LogP contribution in [0.3, 0.4) is 0 Å². The van der Waals surface area contributed by atoms with E-state index in [1.165, 1.54) is 0 Å². The van der Waals surface area contributed by atoms with E-state index in [2.05, 4.69) is 15.8 Å². The lowest BCUT2D eigenvalue weighted by molar-refractivity contribution is -0.119. The topological polar surface area (TPSA) is 53.5 Å². The molecule has 1 saturated heterocycles. The van der Waals surface area contributed by atoms with Crippen molar-refractivity contribution in [2.24, 2.45) is 4.99 Å². The number of amides is 1. The number of amidine groups is 1. The molecule has 0 spiro atoms. The van der Waals surface area contributed by atoms with E-state index < -0.39 is 0 Å². The zero-order chi connectivity index (χ0) is 9.97. The Bertz CT molecular complexity index is 398. The number of hydrogen-bond donors (Lipinski definition) is 2. The largest absolute Gasteiger partial charge is 0.285 e. The summed E-state index contributed by atoms with van der Waals surface area (Å²) in [6, 6.07) is 7.80. The van der Waals surface area contributed by atoms with Gasteiger partial charge in [-0.05, 0) is 18.6 Å². The number of hydrogen-bond acceptors (Lipinski definition) is 2. The van der Waals surface area contributed by atoms with Crippen LogP contribution < -0.4 is 10.9 Å².